The molecule has 0 saturated heterocycles. The van der Waals surface area contributed by atoms with Crippen molar-refractivity contribution in [2.24, 2.45) is 7.05 Å². The quantitative estimate of drug-likeness (QED) is 0.649. The van der Waals surface area contributed by atoms with Crippen LogP contribution in [-0.4, -0.2) is 50.2 Å². The Balaban J connectivity index is 1.30. The predicted octanol–water partition coefficient (Wildman–Crippen LogP) is 1.08. The number of H-pyrrole nitrogens is 1. The zero-order valence-corrected chi connectivity index (χ0v) is 16.9. The summed E-state index contributed by atoms with van der Waals surface area (Å²) in [7, 11) is -1.31. The van der Waals surface area contributed by atoms with E-state index in [-0.39, 0.29) is 24.2 Å². The van der Waals surface area contributed by atoms with E-state index in [0.29, 0.717) is 24.4 Å². The molecule has 0 spiro atoms. The number of rotatable bonds is 5. The first kappa shape index (κ1) is 18.3. The number of imidazole rings is 1. The molecule has 2 N–H and O–H groups in total. The van der Waals surface area contributed by atoms with Gasteiger partial charge in [-0.15, -0.1) is 0 Å². The Morgan fingerprint density at radius 1 is 1.31 bits per heavy atom. The molecule has 1 amide bonds. The maximum absolute atomic E-state index is 12.7. The lowest BCUT2D eigenvalue weighted by Crippen LogP contribution is -2.38. The molecular weight excluding hydrogens is 392 g/mol. The van der Waals surface area contributed by atoms with E-state index >= 15 is 0 Å². The van der Waals surface area contributed by atoms with Gasteiger partial charge in [0.15, 0.2) is 5.69 Å². The third-order valence-electron chi connectivity index (χ3n) is 5.71. The Hall–Kier alpha value is -2.72. The number of aromatic nitrogens is 4. The highest BCUT2D eigenvalue weighted by Gasteiger charge is 2.41. The molecular formula is C19H22N6O3S. The van der Waals surface area contributed by atoms with Crippen LogP contribution in [0, 0.1) is 0 Å². The molecule has 2 aliphatic rings. The van der Waals surface area contributed by atoms with E-state index in [1.54, 1.807) is 0 Å². The van der Waals surface area contributed by atoms with Gasteiger partial charge in [-0.1, -0.05) is 12.1 Å². The van der Waals surface area contributed by atoms with Gasteiger partial charge in [-0.25, -0.2) is 13.4 Å². The normalized spacial score (nSPS) is 17.4. The van der Waals surface area contributed by atoms with Crippen LogP contribution < -0.4 is 5.32 Å². The van der Waals surface area contributed by atoms with E-state index in [4.69, 9.17) is 0 Å². The first-order valence-electron chi connectivity index (χ1n) is 9.69. The monoisotopic (exact) mass is 414 g/mol. The van der Waals surface area contributed by atoms with Crippen LogP contribution in [0.3, 0.4) is 0 Å². The van der Waals surface area contributed by atoms with Gasteiger partial charge in [0.25, 0.3) is 5.91 Å². The lowest BCUT2D eigenvalue weighted by Gasteiger charge is -2.26. The number of amides is 1. The first-order valence-corrected chi connectivity index (χ1v) is 11.2. The van der Waals surface area contributed by atoms with Crippen LogP contribution >= 0.6 is 0 Å². The highest BCUT2D eigenvalue weighted by atomic mass is 32.2. The van der Waals surface area contributed by atoms with E-state index in [0.717, 1.165) is 35.3 Å². The maximum Gasteiger partial charge on any atom is 0.272 e. The summed E-state index contributed by atoms with van der Waals surface area (Å²) < 4.78 is 28.4. The van der Waals surface area contributed by atoms with Crippen LogP contribution in [-0.2, 0) is 36.6 Å². The molecule has 9 nitrogen and oxygen atoms in total. The zero-order valence-electron chi connectivity index (χ0n) is 16.1. The van der Waals surface area contributed by atoms with Gasteiger partial charge < -0.3 is 9.88 Å². The Bertz CT molecular complexity index is 1210. The second-order valence-electron chi connectivity index (χ2n) is 7.62. The summed E-state index contributed by atoms with van der Waals surface area (Å²) in [6, 6.07) is 7.81. The summed E-state index contributed by atoms with van der Waals surface area (Å²) >= 11 is 0. The van der Waals surface area contributed by atoms with Gasteiger partial charge in [0.2, 0.25) is 10.0 Å². The molecule has 0 atom stereocenters. The number of hydrogen-bond acceptors (Lipinski definition) is 5. The number of nitrogens with zero attached hydrogens (tertiary/aromatic N) is 4. The number of carbonyl (C=O) groups is 1. The fraction of sp³-hybridized carbons (Fsp3) is 0.421. The molecule has 0 radical (unpaired) electrons. The van der Waals surface area contributed by atoms with E-state index in [1.165, 1.54) is 4.31 Å². The van der Waals surface area contributed by atoms with Crippen molar-refractivity contribution >= 4 is 27.0 Å². The highest BCUT2D eigenvalue weighted by molar-refractivity contribution is 7.90. The molecule has 1 aliphatic heterocycles. The number of carbonyl (C=O) groups excluding carboxylic acids is 1. The third kappa shape index (κ3) is 3.12. The minimum Gasteiger partial charge on any atom is -0.343 e. The van der Waals surface area contributed by atoms with Crippen molar-refractivity contribution in [2.75, 3.05) is 6.54 Å². The summed E-state index contributed by atoms with van der Waals surface area (Å²) in [5.74, 6) is 0.471. The fourth-order valence-electron chi connectivity index (χ4n) is 3.87. The minimum absolute atomic E-state index is 0.233. The van der Waals surface area contributed by atoms with E-state index in [1.807, 2.05) is 35.9 Å². The lowest BCUT2D eigenvalue weighted by molar-refractivity contribution is 0.0943. The number of fused-ring (bicyclic) bond motifs is 2. The summed E-state index contributed by atoms with van der Waals surface area (Å²) in [6.07, 6.45) is 1.96. The van der Waals surface area contributed by atoms with E-state index in [9.17, 15) is 13.2 Å². The van der Waals surface area contributed by atoms with Crippen LogP contribution in [0.4, 0.5) is 0 Å². The van der Waals surface area contributed by atoms with E-state index in [2.05, 4.69) is 20.5 Å². The van der Waals surface area contributed by atoms with Gasteiger partial charge in [-0.3, -0.25) is 9.89 Å². The molecule has 1 fully saturated rings. The topological polar surface area (TPSA) is 113 Å². The molecule has 3 aromatic rings. The minimum atomic E-state index is -3.23. The van der Waals surface area contributed by atoms with Crippen LogP contribution in [0.15, 0.2) is 24.3 Å². The van der Waals surface area contributed by atoms with Crippen LogP contribution in [0.25, 0.3) is 11.0 Å². The van der Waals surface area contributed by atoms with Gasteiger partial charge in [0.05, 0.1) is 35.1 Å². The Kier molecular flexibility index (Phi) is 4.21. The van der Waals surface area contributed by atoms with Crippen LogP contribution in [0.5, 0.6) is 0 Å². The van der Waals surface area contributed by atoms with Crippen molar-refractivity contribution in [1.29, 1.82) is 0 Å². The number of sulfonamides is 1. The predicted molar refractivity (Wildman–Crippen MR) is 107 cm³/mol. The highest BCUT2D eigenvalue weighted by Crippen LogP contribution is 2.33. The molecule has 3 heterocycles. The maximum atomic E-state index is 12.7. The number of hydrogen-bond donors (Lipinski definition) is 2. The van der Waals surface area contributed by atoms with Crippen molar-refractivity contribution in [1.82, 2.24) is 29.4 Å². The number of benzene rings is 1. The van der Waals surface area contributed by atoms with Crippen LogP contribution in [0.1, 0.15) is 40.4 Å². The van der Waals surface area contributed by atoms with E-state index < -0.39 is 10.0 Å². The fourth-order valence-corrected chi connectivity index (χ4v) is 5.68. The average Bonchev–Trinajstić information content (AvgIpc) is 3.43. The Labute approximate surface area is 168 Å². The van der Waals surface area contributed by atoms with Gasteiger partial charge in [0.1, 0.15) is 5.82 Å². The molecule has 0 unspecified atom stereocenters. The molecule has 152 valence electrons. The number of aromatic amines is 1. The van der Waals surface area contributed by atoms with Crippen molar-refractivity contribution in [3.05, 3.63) is 47.0 Å². The first-order chi connectivity index (χ1) is 13.9. The molecule has 1 aliphatic carbocycles. The lowest BCUT2D eigenvalue weighted by atomic mass is 10.1. The van der Waals surface area contributed by atoms with Gasteiger partial charge in [-0.2, -0.15) is 9.40 Å². The molecule has 0 bridgehead atoms. The average molecular weight is 414 g/mol. The van der Waals surface area contributed by atoms with Gasteiger partial charge in [0, 0.05) is 19.2 Å². The number of aryl methyl sites for hydroxylation is 1. The van der Waals surface area contributed by atoms with Crippen molar-refractivity contribution in [3.63, 3.8) is 0 Å². The summed E-state index contributed by atoms with van der Waals surface area (Å²) in [4.78, 5) is 17.3. The summed E-state index contributed by atoms with van der Waals surface area (Å²) in [5, 5.41) is 9.68. The third-order valence-corrected chi connectivity index (χ3v) is 8.05. The SMILES string of the molecule is Cn1c(CNC(=O)c2n[nH]c3c2CCN(S(=O)(=O)C2CC2)C3)nc2ccccc21. The zero-order chi connectivity index (χ0) is 20.2. The summed E-state index contributed by atoms with van der Waals surface area (Å²) in [5.41, 5.74) is 3.73. The van der Waals surface area contributed by atoms with Gasteiger partial charge >= 0.3 is 0 Å². The van der Waals surface area contributed by atoms with Crippen LogP contribution in [0.2, 0.25) is 0 Å². The molecule has 1 aromatic carbocycles. The molecule has 1 saturated carbocycles. The standard InChI is InChI=1S/C19H22N6O3S/c1-24-16-5-3-2-4-14(16)21-17(24)10-20-19(26)18-13-8-9-25(11-15(13)22-23-18)29(27,28)12-6-7-12/h2-5,12H,6-11H2,1H3,(H,20,26)(H,22,23). The number of nitrogens with one attached hydrogen (secondary N) is 2. The Morgan fingerprint density at radius 3 is 2.86 bits per heavy atom. The second kappa shape index (κ2) is 6.67. The van der Waals surface area contributed by atoms with Crippen molar-refractivity contribution in [3.8, 4) is 0 Å². The molecule has 10 heteroatoms. The van der Waals surface area contributed by atoms with Crippen molar-refractivity contribution in [2.45, 2.75) is 37.6 Å². The summed E-state index contributed by atoms with van der Waals surface area (Å²) in [6.45, 7) is 0.920. The molecule has 2 aromatic heterocycles. The van der Waals surface area contributed by atoms with Gasteiger partial charge in [-0.05, 0) is 31.4 Å². The number of para-hydroxylation sites is 2. The largest absolute Gasteiger partial charge is 0.343 e. The second-order valence-corrected chi connectivity index (χ2v) is 9.83. The Morgan fingerprint density at radius 2 is 2.10 bits per heavy atom. The molecule has 29 heavy (non-hydrogen) atoms. The smallest absolute Gasteiger partial charge is 0.272 e. The molecule has 5 rings (SSSR count). The van der Waals surface area contributed by atoms with Crippen molar-refractivity contribution < 1.29 is 13.2 Å².